The molecule has 0 saturated heterocycles. The van der Waals surface area contributed by atoms with Crippen LogP contribution in [0, 0.1) is 28.9 Å². The predicted octanol–water partition coefficient (Wildman–Crippen LogP) is 5.09. The topological polar surface area (TPSA) is 27.0 Å². The molecule has 142 valence electrons. The Morgan fingerprint density at radius 2 is 1.59 bits per heavy atom. The zero-order valence-corrected chi connectivity index (χ0v) is 15.8. The van der Waals surface area contributed by atoms with Crippen molar-refractivity contribution in [2.75, 3.05) is 20.1 Å². The van der Waals surface area contributed by atoms with Crippen molar-refractivity contribution in [3.05, 3.63) is 71.3 Å². The van der Waals surface area contributed by atoms with Crippen LogP contribution in [0.3, 0.4) is 0 Å². The summed E-state index contributed by atoms with van der Waals surface area (Å²) in [7, 11) is 2.08. The van der Waals surface area contributed by atoms with Crippen LogP contribution in [-0.4, -0.2) is 25.0 Å². The number of halogens is 2. The number of nitrogens with zero attached hydrogens (tertiary/aromatic N) is 2. The van der Waals surface area contributed by atoms with E-state index in [4.69, 9.17) is 0 Å². The van der Waals surface area contributed by atoms with Gasteiger partial charge in [-0.2, -0.15) is 5.26 Å². The Kier molecular flexibility index (Phi) is 6.23. The van der Waals surface area contributed by atoms with E-state index in [-0.39, 0.29) is 11.6 Å². The molecule has 0 aromatic heterocycles. The van der Waals surface area contributed by atoms with Crippen LogP contribution < -0.4 is 0 Å². The molecule has 0 bridgehead atoms. The minimum absolute atomic E-state index is 0.208. The molecule has 0 aliphatic heterocycles. The Hall–Kier alpha value is -2.25. The molecule has 1 saturated carbocycles. The minimum atomic E-state index is -0.495. The highest BCUT2D eigenvalue weighted by atomic mass is 19.1. The first kappa shape index (κ1) is 19.5. The third kappa shape index (κ3) is 4.93. The second-order valence-corrected chi connectivity index (χ2v) is 7.65. The lowest BCUT2D eigenvalue weighted by atomic mass is 9.74. The lowest BCUT2D eigenvalue weighted by Gasteiger charge is -2.28. The largest absolute Gasteiger partial charge is 0.306 e. The highest BCUT2D eigenvalue weighted by Crippen LogP contribution is 2.49. The second-order valence-electron chi connectivity index (χ2n) is 7.65. The summed E-state index contributed by atoms with van der Waals surface area (Å²) in [5, 5.41) is 9.96. The number of hydrogen-bond donors (Lipinski definition) is 0. The van der Waals surface area contributed by atoms with Crippen LogP contribution in [0.4, 0.5) is 8.78 Å². The molecule has 1 fully saturated rings. The molecule has 4 heteroatoms. The molecule has 1 atom stereocenters. The van der Waals surface area contributed by atoms with Gasteiger partial charge in [0, 0.05) is 6.54 Å². The van der Waals surface area contributed by atoms with Gasteiger partial charge in [0.15, 0.2) is 0 Å². The van der Waals surface area contributed by atoms with Gasteiger partial charge in [0.1, 0.15) is 11.6 Å². The van der Waals surface area contributed by atoms with Gasteiger partial charge >= 0.3 is 0 Å². The molecule has 0 N–H and O–H groups in total. The van der Waals surface area contributed by atoms with Gasteiger partial charge in [-0.25, -0.2) is 8.78 Å². The molecule has 0 amide bonds. The Balaban J connectivity index is 1.54. The Labute approximate surface area is 160 Å². The van der Waals surface area contributed by atoms with Crippen LogP contribution in [0.2, 0.25) is 0 Å². The Bertz CT molecular complexity index is 776. The number of benzene rings is 2. The number of nitriles is 1. The summed E-state index contributed by atoms with van der Waals surface area (Å²) in [5.41, 5.74) is 1.58. The first-order valence-corrected chi connectivity index (χ1v) is 9.64. The van der Waals surface area contributed by atoms with Crippen molar-refractivity contribution in [1.82, 2.24) is 4.90 Å². The van der Waals surface area contributed by atoms with E-state index in [2.05, 4.69) is 18.0 Å². The lowest BCUT2D eigenvalue weighted by Crippen LogP contribution is -2.30. The van der Waals surface area contributed by atoms with E-state index in [1.807, 2.05) is 12.1 Å². The highest BCUT2D eigenvalue weighted by Gasteiger charge is 2.46. The molecule has 1 aliphatic rings. The molecule has 27 heavy (non-hydrogen) atoms. The molecule has 1 unspecified atom stereocenters. The van der Waals surface area contributed by atoms with E-state index in [1.54, 1.807) is 12.1 Å². The van der Waals surface area contributed by atoms with E-state index >= 15 is 0 Å². The first-order valence-electron chi connectivity index (χ1n) is 9.64. The molecular weight excluding hydrogens is 342 g/mol. The fourth-order valence-electron chi connectivity index (χ4n) is 3.83. The monoisotopic (exact) mass is 368 g/mol. The predicted molar refractivity (Wildman–Crippen MR) is 103 cm³/mol. The maximum atomic E-state index is 13.3. The molecule has 1 aliphatic carbocycles. The van der Waals surface area contributed by atoms with Crippen molar-refractivity contribution < 1.29 is 8.78 Å². The molecule has 0 radical (unpaired) electrons. The van der Waals surface area contributed by atoms with Crippen molar-refractivity contribution in [3.63, 3.8) is 0 Å². The number of likely N-dealkylation sites (N-methyl/N-ethyl adjacent to an activating group) is 1. The van der Waals surface area contributed by atoms with Gasteiger partial charge in [-0.05, 0) is 87.0 Å². The van der Waals surface area contributed by atoms with Gasteiger partial charge in [-0.1, -0.05) is 24.3 Å². The quantitative estimate of drug-likeness (QED) is 0.616. The van der Waals surface area contributed by atoms with Gasteiger partial charge < -0.3 is 4.90 Å². The molecular formula is C23H26F2N2. The number of hydrogen-bond acceptors (Lipinski definition) is 2. The molecule has 3 rings (SSSR count). The Morgan fingerprint density at radius 3 is 2.15 bits per heavy atom. The van der Waals surface area contributed by atoms with Crippen LogP contribution in [0.1, 0.15) is 36.8 Å². The average Bonchev–Trinajstić information content (AvgIpc) is 3.51. The van der Waals surface area contributed by atoms with E-state index in [0.717, 1.165) is 56.3 Å². The van der Waals surface area contributed by atoms with Gasteiger partial charge in [0.2, 0.25) is 0 Å². The van der Waals surface area contributed by atoms with Crippen LogP contribution in [0.15, 0.2) is 48.5 Å². The molecule has 2 nitrogen and oxygen atoms in total. The minimum Gasteiger partial charge on any atom is -0.306 e. The smallest absolute Gasteiger partial charge is 0.123 e. The van der Waals surface area contributed by atoms with Crippen molar-refractivity contribution in [3.8, 4) is 6.07 Å². The first-order chi connectivity index (χ1) is 13.0. The molecule has 0 spiro atoms. The summed E-state index contributed by atoms with van der Waals surface area (Å²) in [6, 6.07) is 15.7. The Morgan fingerprint density at radius 1 is 1.00 bits per heavy atom. The molecule has 0 heterocycles. The SMILES string of the molecule is CN(CCCC(C#N)(c1ccc(F)cc1)C1CC1)CCc1ccc(F)cc1. The van der Waals surface area contributed by atoms with Crippen molar-refractivity contribution in [2.24, 2.45) is 5.92 Å². The zero-order chi connectivity index (χ0) is 19.3. The van der Waals surface area contributed by atoms with E-state index in [9.17, 15) is 14.0 Å². The van der Waals surface area contributed by atoms with Crippen molar-refractivity contribution >= 4 is 0 Å². The van der Waals surface area contributed by atoms with Crippen LogP contribution in [0.5, 0.6) is 0 Å². The van der Waals surface area contributed by atoms with E-state index in [1.165, 1.54) is 24.3 Å². The summed E-state index contributed by atoms with van der Waals surface area (Å²) in [4.78, 5) is 2.25. The average molecular weight is 368 g/mol. The van der Waals surface area contributed by atoms with Crippen LogP contribution in [-0.2, 0) is 11.8 Å². The maximum Gasteiger partial charge on any atom is 0.123 e. The zero-order valence-electron chi connectivity index (χ0n) is 15.8. The third-order valence-corrected chi connectivity index (χ3v) is 5.64. The van der Waals surface area contributed by atoms with Crippen molar-refractivity contribution in [2.45, 2.75) is 37.5 Å². The normalized spacial score (nSPS) is 16.1. The van der Waals surface area contributed by atoms with Gasteiger partial charge in [-0.3, -0.25) is 0 Å². The fourth-order valence-corrected chi connectivity index (χ4v) is 3.83. The second kappa shape index (κ2) is 8.63. The van der Waals surface area contributed by atoms with Crippen LogP contribution in [0.25, 0.3) is 0 Å². The molecule has 2 aromatic carbocycles. The maximum absolute atomic E-state index is 13.3. The summed E-state index contributed by atoms with van der Waals surface area (Å²) in [6.45, 7) is 1.80. The fraction of sp³-hybridized carbons (Fsp3) is 0.435. The summed E-state index contributed by atoms with van der Waals surface area (Å²) in [6.07, 6.45) is 4.74. The third-order valence-electron chi connectivity index (χ3n) is 5.64. The van der Waals surface area contributed by atoms with E-state index < -0.39 is 5.41 Å². The van der Waals surface area contributed by atoms with Gasteiger partial charge in [-0.15, -0.1) is 0 Å². The standard InChI is InChI=1S/C23H26F2N2/c1-27(16-13-18-3-9-21(24)10-4-18)15-2-14-23(17-26,19-5-6-19)20-7-11-22(25)12-8-20/h3-4,7-12,19H,2,5-6,13-16H2,1H3. The summed E-state index contributed by atoms with van der Waals surface area (Å²) in [5.74, 6) is -0.0831. The molecule has 2 aromatic rings. The number of rotatable bonds is 9. The summed E-state index contributed by atoms with van der Waals surface area (Å²) < 4.78 is 26.3. The van der Waals surface area contributed by atoms with Crippen molar-refractivity contribution in [1.29, 1.82) is 5.26 Å². The highest BCUT2D eigenvalue weighted by molar-refractivity contribution is 5.35. The van der Waals surface area contributed by atoms with Gasteiger partial charge in [0.05, 0.1) is 11.5 Å². The lowest BCUT2D eigenvalue weighted by molar-refractivity contribution is 0.308. The van der Waals surface area contributed by atoms with E-state index in [0.29, 0.717) is 5.92 Å². The van der Waals surface area contributed by atoms with Crippen LogP contribution >= 0.6 is 0 Å². The van der Waals surface area contributed by atoms with Gasteiger partial charge in [0.25, 0.3) is 0 Å². The summed E-state index contributed by atoms with van der Waals surface area (Å²) >= 11 is 0.